The van der Waals surface area contributed by atoms with E-state index in [1.54, 1.807) is 0 Å². The summed E-state index contributed by atoms with van der Waals surface area (Å²) in [6.45, 7) is 0. The van der Waals surface area contributed by atoms with Gasteiger partial charge in [0.15, 0.2) is 11.5 Å². The number of phenolic OH excluding ortho intramolecular Hbond substituents is 2. The van der Waals surface area contributed by atoms with Crippen LogP contribution in [0.25, 0.3) is 0 Å². The lowest BCUT2D eigenvalue weighted by Gasteiger charge is -2.08. The molecule has 2 aromatic rings. The number of benzene rings is 2. The summed E-state index contributed by atoms with van der Waals surface area (Å²) in [5.41, 5.74) is 1.89. The van der Waals surface area contributed by atoms with Crippen molar-refractivity contribution in [2.45, 2.75) is 0 Å². The number of amides is 1. The highest BCUT2D eigenvalue weighted by Gasteiger charge is 2.18. The van der Waals surface area contributed by atoms with Gasteiger partial charge in [-0.2, -0.15) is 5.10 Å². The Morgan fingerprint density at radius 3 is 2.23 bits per heavy atom. The van der Waals surface area contributed by atoms with E-state index in [1.807, 2.05) is 0 Å². The summed E-state index contributed by atoms with van der Waals surface area (Å²) in [6, 6.07) is 5.84. The maximum Gasteiger partial charge on any atom is 0.282 e. The molecular formula is C16H15N3O7. The second kappa shape index (κ2) is 7.83. The lowest BCUT2D eigenvalue weighted by molar-refractivity contribution is -0.385. The Labute approximate surface area is 147 Å². The molecule has 10 heteroatoms. The van der Waals surface area contributed by atoms with E-state index in [1.165, 1.54) is 26.4 Å². The molecule has 0 atom stereocenters. The van der Waals surface area contributed by atoms with Crippen LogP contribution in [0.1, 0.15) is 15.9 Å². The van der Waals surface area contributed by atoms with Crippen LogP contribution in [0.15, 0.2) is 35.4 Å². The number of carbonyl (C=O) groups is 1. The zero-order chi connectivity index (χ0) is 19.3. The topological polar surface area (TPSA) is 144 Å². The minimum Gasteiger partial charge on any atom is -0.508 e. The van der Waals surface area contributed by atoms with E-state index in [2.05, 4.69) is 10.5 Å². The van der Waals surface area contributed by atoms with Crippen LogP contribution in [-0.2, 0) is 0 Å². The Morgan fingerprint density at radius 2 is 1.69 bits per heavy atom. The molecule has 0 unspecified atom stereocenters. The monoisotopic (exact) mass is 361 g/mol. The summed E-state index contributed by atoms with van der Waals surface area (Å²) in [6.07, 6.45) is 1.07. The molecule has 0 saturated carbocycles. The number of phenols is 2. The number of hydrogen-bond acceptors (Lipinski definition) is 8. The van der Waals surface area contributed by atoms with E-state index < -0.39 is 10.8 Å². The predicted octanol–water partition coefficient (Wildman–Crippen LogP) is 1.79. The molecule has 1 amide bonds. The van der Waals surface area contributed by atoms with Crippen LogP contribution in [0.2, 0.25) is 0 Å². The lowest BCUT2D eigenvalue weighted by Crippen LogP contribution is -2.17. The van der Waals surface area contributed by atoms with Crippen molar-refractivity contribution < 1.29 is 29.4 Å². The highest BCUT2D eigenvalue weighted by molar-refractivity contribution is 5.96. The minimum atomic E-state index is -0.726. The van der Waals surface area contributed by atoms with Gasteiger partial charge in [-0.3, -0.25) is 14.9 Å². The Balaban J connectivity index is 2.26. The van der Waals surface area contributed by atoms with Crippen molar-refractivity contribution in [2.24, 2.45) is 5.10 Å². The quantitative estimate of drug-likeness (QED) is 0.404. The summed E-state index contributed by atoms with van der Waals surface area (Å²) >= 11 is 0. The predicted molar refractivity (Wildman–Crippen MR) is 91.0 cm³/mol. The molecule has 0 saturated heterocycles. The molecule has 0 aliphatic heterocycles. The van der Waals surface area contributed by atoms with Crippen molar-refractivity contribution in [1.82, 2.24) is 5.43 Å². The number of ether oxygens (including phenoxy) is 2. The number of nitrogens with zero attached hydrogens (tertiary/aromatic N) is 2. The molecule has 0 aliphatic rings. The molecule has 10 nitrogen and oxygen atoms in total. The molecule has 0 heterocycles. The van der Waals surface area contributed by atoms with Crippen LogP contribution in [0.4, 0.5) is 5.69 Å². The summed E-state index contributed by atoms with van der Waals surface area (Å²) in [5.74, 6) is -0.890. The molecule has 26 heavy (non-hydrogen) atoms. The number of nitro benzene ring substituents is 1. The van der Waals surface area contributed by atoms with Crippen molar-refractivity contribution in [2.75, 3.05) is 14.2 Å². The van der Waals surface area contributed by atoms with Crippen molar-refractivity contribution in [1.29, 1.82) is 0 Å². The van der Waals surface area contributed by atoms with Gasteiger partial charge in [-0.05, 0) is 18.2 Å². The Bertz CT molecular complexity index is 860. The van der Waals surface area contributed by atoms with E-state index in [-0.39, 0.29) is 39.8 Å². The summed E-state index contributed by atoms with van der Waals surface area (Å²) in [5, 5.41) is 33.6. The Hall–Kier alpha value is -3.82. The average molecular weight is 361 g/mol. The number of nitro groups is 1. The molecule has 0 bridgehead atoms. The molecule has 3 N–H and O–H groups in total. The highest BCUT2D eigenvalue weighted by atomic mass is 16.6. The second-order valence-electron chi connectivity index (χ2n) is 4.96. The first-order valence-electron chi connectivity index (χ1n) is 7.12. The van der Waals surface area contributed by atoms with Crippen LogP contribution in [0.3, 0.4) is 0 Å². The molecule has 0 radical (unpaired) electrons. The number of aromatic hydroxyl groups is 2. The summed E-state index contributed by atoms with van der Waals surface area (Å²) < 4.78 is 10.1. The van der Waals surface area contributed by atoms with E-state index in [0.29, 0.717) is 0 Å². The fraction of sp³-hybridized carbons (Fsp3) is 0.125. The lowest BCUT2D eigenvalue weighted by atomic mass is 10.1. The maximum atomic E-state index is 12.0. The van der Waals surface area contributed by atoms with Crippen LogP contribution < -0.4 is 14.9 Å². The molecule has 0 aromatic heterocycles. The summed E-state index contributed by atoms with van der Waals surface area (Å²) in [7, 11) is 2.72. The van der Waals surface area contributed by atoms with Gasteiger partial charge in [0, 0.05) is 11.6 Å². The van der Waals surface area contributed by atoms with Gasteiger partial charge < -0.3 is 19.7 Å². The van der Waals surface area contributed by atoms with Gasteiger partial charge in [0.25, 0.3) is 11.6 Å². The molecule has 0 aliphatic carbocycles. The molecule has 0 spiro atoms. The summed E-state index contributed by atoms with van der Waals surface area (Å²) in [4.78, 5) is 22.5. The molecular weight excluding hydrogens is 346 g/mol. The van der Waals surface area contributed by atoms with Gasteiger partial charge in [-0.15, -0.1) is 0 Å². The largest absolute Gasteiger partial charge is 0.508 e. The first kappa shape index (κ1) is 18.5. The third-order valence-corrected chi connectivity index (χ3v) is 3.26. The van der Waals surface area contributed by atoms with Gasteiger partial charge >= 0.3 is 0 Å². The first-order chi connectivity index (χ1) is 12.3. The van der Waals surface area contributed by atoms with Crippen molar-refractivity contribution in [3.63, 3.8) is 0 Å². The highest BCUT2D eigenvalue weighted by Crippen LogP contribution is 2.33. The number of rotatable bonds is 6. The second-order valence-corrected chi connectivity index (χ2v) is 4.96. The molecule has 136 valence electrons. The fourth-order valence-corrected chi connectivity index (χ4v) is 2.10. The Kier molecular flexibility index (Phi) is 5.58. The fourth-order valence-electron chi connectivity index (χ4n) is 2.10. The first-order valence-corrected chi connectivity index (χ1v) is 7.12. The van der Waals surface area contributed by atoms with E-state index in [4.69, 9.17) is 9.47 Å². The minimum absolute atomic E-state index is 0.0403. The van der Waals surface area contributed by atoms with Gasteiger partial charge in [-0.25, -0.2) is 5.43 Å². The van der Waals surface area contributed by atoms with Crippen LogP contribution in [0.5, 0.6) is 23.0 Å². The maximum absolute atomic E-state index is 12.0. The number of methoxy groups -OCH3 is 2. The SMILES string of the molecule is COc1cc(/C=N\NC(=O)c2cc(O)cc(O)c2)c([N+](=O)[O-])cc1OC. The Morgan fingerprint density at radius 1 is 1.12 bits per heavy atom. The number of hydrogen-bond donors (Lipinski definition) is 3. The van der Waals surface area contributed by atoms with Gasteiger partial charge in [0.05, 0.1) is 37.0 Å². The molecule has 2 aromatic carbocycles. The number of nitrogens with one attached hydrogen (secondary N) is 1. The van der Waals surface area contributed by atoms with Gasteiger partial charge in [-0.1, -0.05) is 0 Å². The zero-order valence-electron chi connectivity index (χ0n) is 13.8. The van der Waals surface area contributed by atoms with Crippen molar-refractivity contribution in [3.05, 3.63) is 51.6 Å². The van der Waals surface area contributed by atoms with Crippen LogP contribution in [0, 0.1) is 10.1 Å². The van der Waals surface area contributed by atoms with Crippen LogP contribution in [-0.4, -0.2) is 41.5 Å². The van der Waals surface area contributed by atoms with Gasteiger partial charge in [0.2, 0.25) is 0 Å². The average Bonchev–Trinajstić information content (AvgIpc) is 2.59. The van der Waals surface area contributed by atoms with Crippen molar-refractivity contribution in [3.8, 4) is 23.0 Å². The van der Waals surface area contributed by atoms with E-state index >= 15 is 0 Å². The number of carbonyl (C=O) groups excluding carboxylic acids is 1. The molecule has 0 fully saturated rings. The number of hydrazone groups is 1. The third kappa shape index (κ3) is 4.17. The standard InChI is InChI=1S/C16H15N3O7/c1-25-14-5-10(13(19(23)24)7-15(14)26-2)8-17-18-16(22)9-3-11(20)6-12(21)4-9/h3-8,20-21H,1-2H3,(H,18,22)/b17-8-. The zero-order valence-corrected chi connectivity index (χ0v) is 13.8. The van der Waals surface area contributed by atoms with E-state index in [0.717, 1.165) is 24.4 Å². The van der Waals surface area contributed by atoms with Crippen molar-refractivity contribution >= 4 is 17.8 Å². The van der Waals surface area contributed by atoms with Gasteiger partial charge in [0.1, 0.15) is 11.5 Å². The van der Waals surface area contributed by atoms with Crippen LogP contribution >= 0.6 is 0 Å². The smallest absolute Gasteiger partial charge is 0.282 e. The normalized spacial score (nSPS) is 10.5. The van der Waals surface area contributed by atoms with E-state index in [9.17, 15) is 25.1 Å². The third-order valence-electron chi connectivity index (χ3n) is 3.26. The molecule has 2 rings (SSSR count).